The zero-order valence-electron chi connectivity index (χ0n) is 16.6. The topological polar surface area (TPSA) is 139 Å². The fourth-order valence-electron chi connectivity index (χ4n) is 3.35. The summed E-state index contributed by atoms with van der Waals surface area (Å²) < 4.78 is 5.57. The standard InChI is InChI=1S/C21H27N3O6/c1-24(16(26)8-7-13-5-3-2-4-6-13)10-9-14-17(23-12-22-14)21-20(29)19(28)18(27)15(11-25)30-21/h2-8,12,15,18-21,25,27-29H,9-11H2,1H3,(H,22,23). The average Bonchev–Trinajstić information content (AvgIpc) is 3.23. The molecule has 9 heteroatoms. The molecule has 30 heavy (non-hydrogen) atoms. The molecule has 0 aliphatic carbocycles. The fraction of sp³-hybridized carbons (Fsp3) is 0.429. The van der Waals surface area contributed by atoms with Crippen molar-refractivity contribution in [2.24, 2.45) is 0 Å². The van der Waals surface area contributed by atoms with E-state index in [0.717, 1.165) is 5.56 Å². The lowest BCUT2D eigenvalue weighted by Gasteiger charge is -2.39. The molecule has 1 fully saturated rings. The molecule has 1 saturated heterocycles. The quantitative estimate of drug-likeness (QED) is 0.388. The number of carbonyl (C=O) groups is 1. The summed E-state index contributed by atoms with van der Waals surface area (Å²) >= 11 is 0. The van der Waals surface area contributed by atoms with Crippen molar-refractivity contribution in [1.82, 2.24) is 14.9 Å². The van der Waals surface area contributed by atoms with Gasteiger partial charge in [-0.25, -0.2) is 4.98 Å². The summed E-state index contributed by atoms with van der Waals surface area (Å²) in [6.07, 6.45) is -1.24. The summed E-state index contributed by atoms with van der Waals surface area (Å²) in [5.41, 5.74) is 1.93. The van der Waals surface area contributed by atoms with E-state index in [9.17, 15) is 25.2 Å². The molecule has 5 N–H and O–H groups in total. The van der Waals surface area contributed by atoms with Gasteiger partial charge in [0.05, 0.1) is 18.6 Å². The Kier molecular flexibility index (Phi) is 7.35. The van der Waals surface area contributed by atoms with Crippen LogP contribution in [0.15, 0.2) is 42.7 Å². The van der Waals surface area contributed by atoms with Crippen molar-refractivity contribution in [1.29, 1.82) is 0 Å². The monoisotopic (exact) mass is 417 g/mol. The molecule has 1 aromatic heterocycles. The van der Waals surface area contributed by atoms with Crippen LogP contribution in [-0.2, 0) is 16.0 Å². The zero-order chi connectivity index (χ0) is 21.7. The maximum Gasteiger partial charge on any atom is 0.246 e. The Morgan fingerprint density at radius 1 is 1.20 bits per heavy atom. The summed E-state index contributed by atoms with van der Waals surface area (Å²) in [5, 5.41) is 39.6. The molecule has 0 saturated carbocycles. The van der Waals surface area contributed by atoms with E-state index in [-0.39, 0.29) is 5.91 Å². The molecular weight excluding hydrogens is 390 g/mol. The van der Waals surface area contributed by atoms with Crippen LogP contribution in [0.3, 0.4) is 0 Å². The molecule has 5 atom stereocenters. The van der Waals surface area contributed by atoms with Gasteiger partial charge in [0.1, 0.15) is 30.5 Å². The molecule has 162 valence electrons. The Hall–Kier alpha value is -2.56. The molecule has 2 heterocycles. The number of imidazole rings is 1. The van der Waals surface area contributed by atoms with Crippen LogP contribution < -0.4 is 0 Å². The van der Waals surface area contributed by atoms with Gasteiger partial charge in [0.2, 0.25) is 5.91 Å². The Morgan fingerprint density at radius 2 is 1.93 bits per heavy atom. The highest BCUT2D eigenvalue weighted by atomic mass is 16.5. The number of aromatic nitrogens is 2. The Labute approximate surface area is 174 Å². The first kappa shape index (κ1) is 22.1. The van der Waals surface area contributed by atoms with Crippen LogP contribution in [0.25, 0.3) is 6.08 Å². The Bertz CT molecular complexity index is 853. The van der Waals surface area contributed by atoms with Crippen LogP contribution in [-0.4, -0.2) is 85.8 Å². The minimum absolute atomic E-state index is 0.159. The third kappa shape index (κ3) is 4.94. The van der Waals surface area contributed by atoms with E-state index in [1.54, 1.807) is 18.0 Å². The van der Waals surface area contributed by atoms with Gasteiger partial charge in [-0.05, 0) is 11.6 Å². The summed E-state index contributed by atoms with van der Waals surface area (Å²) in [4.78, 5) is 21.0. The van der Waals surface area contributed by atoms with Crippen LogP contribution in [0, 0.1) is 0 Å². The SMILES string of the molecule is CN(CCc1[nH]cnc1C1OC(CO)C(O)C(O)C1O)C(=O)C=Cc1ccccc1. The molecule has 0 radical (unpaired) electrons. The first-order chi connectivity index (χ1) is 14.4. The number of likely N-dealkylation sites (N-methyl/N-ethyl adjacent to an activating group) is 1. The smallest absolute Gasteiger partial charge is 0.246 e. The van der Waals surface area contributed by atoms with E-state index < -0.39 is 37.1 Å². The summed E-state index contributed by atoms with van der Waals surface area (Å²) in [5.74, 6) is -0.159. The molecule has 1 aromatic carbocycles. The number of aliphatic hydroxyl groups excluding tert-OH is 4. The summed E-state index contributed by atoms with van der Waals surface area (Å²) in [6.45, 7) is -0.128. The predicted molar refractivity (Wildman–Crippen MR) is 108 cm³/mol. The van der Waals surface area contributed by atoms with Crippen LogP contribution in [0.5, 0.6) is 0 Å². The minimum atomic E-state index is -1.47. The lowest BCUT2D eigenvalue weighted by molar-refractivity contribution is -0.232. The van der Waals surface area contributed by atoms with Crippen LogP contribution >= 0.6 is 0 Å². The molecule has 5 unspecified atom stereocenters. The van der Waals surface area contributed by atoms with Crippen molar-refractivity contribution < 1.29 is 30.0 Å². The maximum atomic E-state index is 12.3. The number of hydrogen-bond donors (Lipinski definition) is 5. The second-order valence-corrected chi connectivity index (χ2v) is 7.27. The van der Waals surface area contributed by atoms with Crippen molar-refractivity contribution in [2.45, 2.75) is 36.9 Å². The number of nitrogens with zero attached hydrogens (tertiary/aromatic N) is 2. The molecule has 0 spiro atoms. The number of aromatic amines is 1. The van der Waals surface area contributed by atoms with E-state index in [1.807, 2.05) is 30.3 Å². The number of nitrogens with one attached hydrogen (secondary N) is 1. The van der Waals surface area contributed by atoms with Gasteiger partial charge in [-0.15, -0.1) is 0 Å². The highest BCUT2D eigenvalue weighted by Gasteiger charge is 2.45. The molecular formula is C21H27N3O6. The summed E-state index contributed by atoms with van der Waals surface area (Å²) in [7, 11) is 1.68. The minimum Gasteiger partial charge on any atom is -0.394 e. The van der Waals surface area contributed by atoms with E-state index in [1.165, 1.54) is 12.4 Å². The zero-order valence-corrected chi connectivity index (χ0v) is 16.6. The lowest BCUT2D eigenvalue weighted by atomic mass is 9.92. The second kappa shape index (κ2) is 9.96. The molecule has 1 aliphatic heterocycles. The predicted octanol–water partition coefficient (Wildman–Crippen LogP) is -0.361. The first-order valence-electron chi connectivity index (χ1n) is 9.73. The molecule has 3 rings (SSSR count). The Balaban J connectivity index is 1.63. The number of H-pyrrole nitrogens is 1. The van der Waals surface area contributed by atoms with E-state index >= 15 is 0 Å². The molecule has 2 aromatic rings. The number of benzene rings is 1. The van der Waals surface area contributed by atoms with Gasteiger partial charge in [-0.3, -0.25) is 4.79 Å². The number of rotatable bonds is 7. The number of ether oxygens (including phenoxy) is 1. The number of amides is 1. The average molecular weight is 417 g/mol. The number of aliphatic hydroxyl groups is 4. The van der Waals surface area contributed by atoms with Crippen LogP contribution in [0.4, 0.5) is 0 Å². The molecule has 9 nitrogen and oxygen atoms in total. The van der Waals surface area contributed by atoms with E-state index in [4.69, 9.17) is 4.74 Å². The fourth-order valence-corrected chi connectivity index (χ4v) is 3.35. The largest absolute Gasteiger partial charge is 0.394 e. The van der Waals surface area contributed by atoms with Crippen molar-refractivity contribution in [3.8, 4) is 0 Å². The second-order valence-electron chi connectivity index (χ2n) is 7.27. The van der Waals surface area contributed by atoms with Gasteiger partial charge in [-0.2, -0.15) is 0 Å². The van der Waals surface area contributed by atoms with Crippen molar-refractivity contribution in [3.05, 3.63) is 59.7 Å². The van der Waals surface area contributed by atoms with E-state index in [0.29, 0.717) is 24.4 Å². The maximum absolute atomic E-state index is 12.3. The van der Waals surface area contributed by atoms with Crippen molar-refractivity contribution in [3.63, 3.8) is 0 Å². The molecule has 1 aliphatic rings. The van der Waals surface area contributed by atoms with E-state index in [2.05, 4.69) is 9.97 Å². The summed E-state index contributed by atoms with van der Waals surface area (Å²) in [6, 6.07) is 9.50. The van der Waals surface area contributed by atoms with Gasteiger partial charge < -0.3 is 35.0 Å². The van der Waals surface area contributed by atoms with Crippen LogP contribution in [0.1, 0.15) is 23.1 Å². The third-order valence-corrected chi connectivity index (χ3v) is 5.20. The van der Waals surface area contributed by atoms with Gasteiger partial charge in [0.25, 0.3) is 0 Å². The van der Waals surface area contributed by atoms with Crippen LogP contribution in [0.2, 0.25) is 0 Å². The van der Waals surface area contributed by atoms with Gasteiger partial charge >= 0.3 is 0 Å². The van der Waals surface area contributed by atoms with Gasteiger partial charge in [0.15, 0.2) is 0 Å². The lowest BCUT2D eigenvalue weighted by Crippen LogP contribution is -2.55. The normalized spacial score (nSPS) is 26.8. The van der Waals surface area contributed by atoms with Gasteiger partial charge in [0, 0.05) is 31.8 Å². The third-order valence-electron chi connectivity index (χ3n) is 5.20. The first-order valence-corrected chi connectivity index (χ1v) is 9.73. The van der Waals surface area contributed by atoms with Gasteiger partial charge in [-0.1, -0.05) is 30.3 Å². The van der Waals surface area contributed by atoms with Crippen molar-refractivity contribution in [2.75, 3.05) is 20.2 Å². The Morgan fingerprint density at radius 3 is 2.63 bits per heavy atom. The highest BCUT2D eigenvalue weighted by Crippen LogP contribution is 2.32. The molecule has 0 bridgehead atoms. The highest BCUT2D eigenvalue weighted by molar-refractivity contribution is 5.91. The molecule has 1 amide bonds. The number of carbonyl (C=O) groups excluding carboxylic acids is 1. The number of hydrogen-bond acceptors (Lipinski definition) is 7. The van der Waals surface area contributed by atoms with Crippen molar-refractivity contribution >= 4 is 12.0 Å².